The zero-order valence-corrected chi connectivity index (χ0v) is 9.05. The van der Waals surface area contributed by atoms with Gasteiger partial charge in [-0.3, -0.25) is 0 Å². The third-order valence-electron chi connectivity index (χ3n) is 0. The Labute approximate surface area is 77.2 Å². The molecule has 6 nitrogen and oxygen atoms in total. The molecular formula is H9O6P3Pd. The Hall–Kier alpha value is 1.71. The van der Waals surface area contributed by atoms with Crippen LogP contribution in [-0.4, -0.2) is 29.4 Å². The maximum absolute atomic E-state index is 7.15. The standard InChI is InChI=1S/3H3O2P.Pd/c3*1-3-2;/h3*1-3H;. The molecule has 0 aliphatic carbocycles. The summed E-state index contributed by atoms with van der Waals surface area (Å²) in [4.78, 5) is 42.9. The Bertz CT molecular complexity index is 17.7. The Balaban J connectivity index is -0.0000000257. The normalized spacial score (nSPS) is 5.40. The quantitative estimate of drug-likeness (QED) is 0.238. The van der Waals surface area contributed by atoms with Crippen LogP contribution < -0.4 is 0 Å². The van der Waals surface area contributed by atoms with Gasteiger partial charge in [0, 0.05) is 20.4 Å². The van der Waals surface area contributed by atoms with E-state index in [-0.39, 0.29) is 20.4 Å². The van der Waals surface area contributed by atoms with E-state index in [0.29, 0.717) is 0 Å². The first kappa shape index (κ1) is 22.6. The van der Waals surface area contributed by atoms with Crippen LogP contribution in [0, 0.1) is 0 Å². The van der Waals surface area contributed by atoms with Crippen LogP contribution in [-0.2, 0) is 20.4 Å². The minimum atomic E-state index is -0.917. The molecule has 0 aromatic heterocycles. The van der Waals surface area contributed by atoms with Crippen molar-refractivity contribution in [2.24, 2.45) is 0 Å². The zero-order chi connectivity index (χ0) is 8.12. The van der Waals surface area contributed by atoms with Gasteiger partial charge in [0.25, 0.3) is 0 Å². The van der Waals surface area contributed by atoms with Crippen LogP contribution in [0.5, 0.6) is 0 Å². The molecule has 0 rings (SSSR count). The largest absolute Gasteiger partial charge is 0.352 e. The van der Waals surface area contributed by atoms with Crippen molar-refractivity contribution in [3.63, 3.8) is 0 Å². The molecule has 0 amide bonds. The van der Waals surface area contributed by atoms with E-state index in [1.807, 2.05) is 0 Å². The van der Waals surface area contributed by atoms with Crippen molar-refractivity contribution in [2.75, 3.05) is 0 Å². The fraction of sp³-hybridized carbons (Fsp3) is 0. The number of rotatable bonds is 0. The summed E-state index contributed by atoms with van der Waals surface area (Å²) >= 11 is 0. The van der Waals surface area contributed by atoms with Gasteiger partial charge < -0.3 is 29.4 Å². The number of hydrogen-bond donors (Lipinski definition) is 6. The fourth-order valence-corrected chi connectivity index (χ4v) is 0. The SMILES string of the molecule is OPO.OPO.OPO.[Pd]. The fourth-order valence-electron chi connectivity index (χ4n) is 0. The van der Waals surface area contributed by atoms with E-state index < -0.39 is 27.1 Å². The van der Waals surface area contributed by atoms with E-state index in [0.717, 1.165) is 0 Å². The molecule has 0 bridgehead atoms. The van der Waals surface area contributed by atoms with Gasteiger partial charge in [0.05, 0.1) is 0 Å². The van der Waals surface area contributed by atoms with Crippen molar-refractivity contribution in [1.29, 1.82) is 0 Å². The summed E-state index contributed by atoms with van der Waals surface area (Å²) in [5.41, 5.74) is 0. The summed E-state index contributed by atoms with van der Waals surface area (Å²) in [5, 5.41) is 0. The molecule has 0 aromatic rings. The summed E-state index contributed by atoms with van der Waals surface area (Å²) in [5.74, 6) is 0. The molecule has 10 heavy (non-hydrogen) atoms. The van der Waals surface area contributed by atoms with E-state index in [2.05, 4.69) is 0 Å². The zero-order valence-electron chi connectivity index (χ0n) is 4.50. The van der Waals surface area contributed by atoms with Gasteiger partial charge in [0.2, 0.25) is 0 Å². The van der Waals surface area contributed by atoms with Crippen molar-refractivity contribution in [2.45, 2.75) is 0 Å². The molecule has 70 valence electrons. The maximum Gasteiger partial charge on any atom is 0.149 e. The molecular weight excluding hydrogens is 295 g/mol. The Morgan fingerprint density at radius 1 is 0.500 bits per heavy atom. The first-order valence-electron chi connectivity index (χ1n) is 1.34. The smallest absolute Gasteiger partial charge is 0.149 e. The van der Waals surface area contributed by atoms with Crippen molar-refractivity contribution in [3.8, 4) is 0 Å². The summed E-state index contributed by atoms with van der Waals surface area (Å²) in [7, 11) is -2.75. The molecule has 0 atom stereocenters. The second-order valence-electron chi connectivity index (χ2n) is 0.300. The Morgan fingerprint density at radius 2 is 0.500 bits per heavy atom. The maximum atomic E-state index is 7.15. The van der Waals surface area contributed by atoms with E-state index in [1.54, 1.807) is 0 Å². The van der Waals surface area contributed by atoms with Gasteiger partial charge in [-0.2, -0.15) is 0 Å². The summed E-state index contributed by atoms with van der Waals surface area (Å²) < 4.78 is 0. The van der Waals surface area contributed by atoms with Gasteiger partial charge in [-0.05, 0) is 0 Å². The predicted octanol–water partition coefficient (Wildman–Crippen LogP) is -1.56. The molecule has 0 spiro atoms. The van der Waals surface area contributed by atoms with Crippen LogP contribution in [0.25, 0.3) is 0 Å². The Morgan fingerprint density at radius 3 is 0.500 bits per heavy atom. The monoisotopic (exact) mass is 304 g/mol. The first-order chi connectivity index (χ1) is 4.24. The first-order valence-corrected chi connectivity index (χ1v) is 4.02. The second kappa shape index (κ2) is 45.5. The third-order valence-corrected chi connectivity index (χ3v) is 0. The van der Waals surface area contributed by atoms with E-state index in [1.165, 1.54) is 0 Å². The van der Waals surface area contributed by atoms with E-state index >= 15 is 0 Å². The molecule has 0 aromatic carbocycles. The van der Waals surface area contributed by atoms with Crippen LogP contribution in [0.4, 0.5) is 0 Å². The average Bonchev–Trinajstić information content (AvgIpc) is 1.70. The minimum Gasteiger partial charge on any atom is -0.352 e. The van der Waals surface area contributed by atoms with Crippen molar-refractivity contribution in [1.82, 2.24) is 0 Å². The van der Waals surface area contributed by atoms with Crippen LogP contribution >= 0.6 is 27.1 Å². The van der Waals surface area contributed by atoms with Crippen LogP contribution in [0.1, 0.15) is 0 Å². The van der Waals surface area contributed by atoms with Gasteiger partial charge in [-0.25, -0.2) is 0 Å². The molecule has 0 saturated heterocycles. The Kier molecular flexibility index (Phi) is 103. The van der Waals surface area contributed by atoms with Crippen molar-refractivity contribution in [3.05, 3.63) is 0 Å². The average molecular weight is 304 g/mol. The number of hydrogen-bond acceptors (Lipinski definition) is 6. The summed E-state index contributed by atoms with van der Waals surface area (Å²) in [6, 6.07) is 0. The molecule has 0 unspecified atom stereocenters. The van der Waals surface area contributed by atoms with Crippen LogP contribution in [0.15, 0.2) is 0 Å². The molecule has 0 saturated carbocycles. The molecule has 0 fully saturated rings. The molecule has 6 N–H and O–H groups in total. The minimum absolute atomic E-state index is 0. The molecule has 0 aliphatic rings. The molecule has 10 heteroatoms. The van der Waals surface area contributed by atoms with Gasteiger partial charge in [0.15, 0.2) is 0 Å². The summed E-state index contributed by atoms with van der Waals surface area (Å²) in [6.45, 7) is 0. The predicted molar refractivity (Wildman–Crippen MR) is 38.3 cm³/mol. The van der Waals surface area contributed by atoms with Gasteiger partial charge in [-0.15, -0.1) is 0 Å². The van der Waals surface area contributed by atoms with Crippen LogP contribution in [0.3, 0.4) is 0 Å². The second-order valence-corrected chi connectivity index (χ2v) is 0.900. The van der Waals surface area contributed by atoms with Crippen LogP contribution in [0.2, 0.25) is 0 Å². The van der Waals surface area contributed by atoms with Crippen molar-refractivity contribution < 1.29 is 49.8 Å². The van der Waals surface area contributed by atoms with Crippen molar-refractivity contribution >= 4 is 27.1 Å². The van der Waals surface area contributed by atoms with Gasteiger partial charge >= 0.3 is 0 Å². The van der Waals surface area contributed by atoms with Gasteiger partial charge in [0.1, 0.15) is 27.1 Å². The topological polar surface area (TPSA) is 121 Å². The molecule has 0 aliphatic heterocycles. The molecule has 0 heterocycles. The third kappa shape index (κ3) is 251. The van der Waals surface area contributed by atoms with Gasteiger partial charge in [-0.1, -0.05) is 0 Å². The van der Waals surface area contributed by atoms with E-state index in [9.17, 15) is 0 Å². The molecule has 0 radical (unpaired) electrons. The summed E-state index contributed by atoms with van der Waals surface area (Å²) in [6.07, 6.45) is 0. The van der Waals surface area contributed by atoms with E-state index in [4.69, 9.17) is 29.4 Å².